The summed E-state index contributed by atoms with van der Waals surface area (Å²) in [6, 6.07) is 18.4. The molecule has 136 valence electrons. The van der Waals surface area contributed by atoms with Crippen molar-refractivity contribution < 1.29 is 9.59 Å². The number of para-hydroxylation sites is 1. The van der Waals surface area contributed by atoms with Gasteiger partial charge < -0.3 is 5.32 Å². The zero-order chi connectivity index (χ0) is 18.6. The fraction of sp³-hybridized carbons (Fsp3) is 0.182. The summed E-state index contributed by atoms with van der Waals surface area (Å²) >= 11 is 1.79. The Morgan fingerprint density at radius 1 is 1.00 bits per heavy atom. The number of anilines is 1. The summed E-state index contributed by atoms with van der Waals surface area (Å²) in [5.74, 6) is -0.186. The lowest BCUT2D eigenvalue weighted by atomic mass is 10.0. The van der Waals surface area contributed by atoms with E-state index in [4.69, 9.17) is 0 Å². The number of ketones is 1. The van der Waals surface area contributed by atoms with Gasteiger partial charge in [-0.15, -0.1) is 11.3 Å². The topological polar surface area (TPSA) is 49.4 Å². The maximum atomic E-state index is 12.8. The number of hydrogen-bond acceptors (Lipinski definition) is 4. The molecule has 0 radical (unpaired) electrons. The number of nitrogens with one attached hydrogen (secondary N) is 1. The number of nitrogens with zero attached hydrogens (tertiary/aromatic N) is 1. The molecule has 0 aliphatic carbocycles. The number of amides is 1. The first-order valence-electron chi connectivity index (χ1n) is 8.97. The molecule has 1 amide bonds. The smallest absolute Gasteiger partial charge is 0.238 e. The minimum absolute atomic E-state index is 0.0904. The van der Waals surface area contributed by atoms with E-state index in [1.54, 1.807) is 35.6 Å². The second kappa shape index (κ2) is 7.86. The van der Waals surface area contributed by atoms with Gasteiger partial charge in [-0.25, -0.2) is 0 Å². The van der Waals surface area contributed by atoms with E-state index in [9.17, 15) is 9.59 Å². The van der Waals surface area contributed by atoms with Crippen molar-refractivity contribution >= 4 is 28.7 Å². The predicted molar refractivity (Wildman–Crippen MR) is 108 cm³/mol. The Morgan fingerprint density at radius 2 is 1.78 bits per heavy atom. The molecule has 0 saturated heterocycles. The van der Waals surface area contributed by atoms with Gasteiger partial charge in [0.15, 0.2) is 5.78 Å². The molecule has 5 heteroatoms. The fourth-order valence-electron chi connectivity index (χ4n) is 3.37. The van der Waals surface area contributed by atoms with Crippen LogP contribution in [0.15, 0.2) is 66.0 Å². The van der Waals surface area contributed by atoms with Crippen LogP contribution < -0.4 is 5.32 Å². The number of hydrogen-bond donors (Lipinski definition) is 1. The molecule has 4 rings (SSSR count). The number of carbonyl (C=O) groups is 2. The van der Waals surface area contributed by atoms with Crippen LogP contribution in [0.25, 0.3) is 0 Å². The Morgan fingerprint density at radius 3 is 2.63 bits per heavy atom. The van der Waals surface area contributed by atoms with Gasteiger partial charge in [0.25, 0.3) is 0 Å². The van der Waals surface area contributed by atoms with Gasteiger partial charge in [0, 0.05) is 29.1 Å². The molecule has 0 bridgehead atoms. The molecule has 0 saturated carbocycles. The molecule has 27 heavy (non-hydrogen) atoms. The average Bonchev–Trinajstić information content (AvgIpc) is 3.16. The highest BCUT2D eigenvalue weighted by Gasteiger charge is 2.20. The Kier molecular flexibility index (Phi) is 5.14. The first-order chi connectivity index (χ1) is 13.2. The van der Waals surface area contributed by atoms with Gasteiger partial charge in [0.1, 0.15) is 0 Å². The van der Waals surface area contributed by atoms with Gasteiger partial charge in [-0.05, 0) is 35.6 Å². The average molecular weight is 376 g/mol. The van der Waals surface area contributed by atoms with Crippen molar-refractivity contribution in [2.45, 2.75) is 13.0 Å². The fourth-order valence-corrected chi connectivity index (χ4v) is 4.26. The summed E-state index contributed by atoms with van der Waals surface area (Å²) in [5, 5.41) is 5.04. The molecule has 0 unspecified atom stereocenters. The minimum Gasteiger partial charge on any atom is -0.324 e. The van der Waals surface area contributed by atoms with E-state index in [0.29, 0.717) is 23.4 Å². The van der Waals surface area contributed by atoms with Crippen LogP contribution >= 0.6 is 11.3 Å². The number of rotatable bonds is 5. The summed E-state index contributed by atoms with van der Waals surface area (Å²) in [7, 11) is 0. The SMILES string of the molecule is O=C(CN1CCc2sccc2C1)Nc1ccccc1C(=O)c1ccccc1. The van der Waals surface area contributed by atoms with Crippen molar-refractivity contribution in [2.24, 2.45) is 0 Å². The first-order valence-corrected chi connectivity index (χ1v) is 9.85. The van der Waals surface area contributed by atoms with E-state index >= 15 is 0 Å². The maximum Gasteiger partial charge on any atom is 0.238 e. The molecule has 2 aromatic carbocycles. The summed E-state index contributed by atoms with van der Waals surface area (Å²) in [4.78, 5) is 28.9. The third-order valence-corrected chi connectivity index (χ3v) is 5.76. The van der Waals surface area contributed by atoms with E-state index in [1.807, 2.05) is 30.3 Å². The summed E-state index contributed by atoms with van der Waals surface area (Å²) in [6.07, 6.45) is 0.989. The van der Waals surface area contributed by atoms with Gasteiger partial charge >= 0.3 is 0 Å². The number of benzene rings is 2. The molecule has 1 N–H and O–H groups in total. The van der Waals surface area contributed by atoms with Gasteiger partial charge in [-0.1, -0.05) is 42.5 Å². The number of fused-ring (bicyclic) bond motifs is 1. The molecule has 2 heterocycles. The van der Waals surface area contributed by atoms with E-state index < -0.39 is 0 Å². The Hall–Kier alpha value is -2.76. The van der Waals surface area contributed by atoms with Crippen molar-refractivity contribution in [3.8, 4) is 0 Å². The molecule has 0 spiro atoms. The van der Waals surface area contributed by atoms with Crippen molar-refractivity contribution in [1.82, 2.24) is 4.90 Å². The van der Waals surface area contributed by atoms with Crippen LogP contribution in [0.3, 0.4) is 0 Å². The molecule has 1 aromatic heterocycles. The highest BCUT2D eigenvalue weighted by molar-refractivity contribution is 7.10. The van der Waals surface area contributed by atoms with Crippen LogP contribution in [0, 0.1) is 0 Å². The highest BCUT2D eigenvalue weighted by atomic mass is 32.1. The van der Waals surface area contributed by atoms with Crippen LogP contribution in [0.1, 0.15) is 26.4 Å². The second-order valence-corrected chi connectivity index (χ2v) is 7.62. The normalized spacial score (nSPS) is 13.8. The van der Waals surface area contributed by atoms with E-state index in [2.05, 4.69) is 21.7 Å². The molecule has 0 fully saturated rings. The monoisotopic (exact) mass is 376 g/mol. The molecular weight excluding hydrogens is 356 g/mol. The molecule has 1 aliphatic heterocycles. The zero-order valence-corrected chi connectivity index (χ0v) is 15.7. The van der Waals surface area contributed by atoms with Crippen LogP contribution in [0.5, 0.6) is 0 Å². The standard InChI is InChI=1S/C22H20N2O2S/c25-21(15-24-12-10-20-17(14-24)11-13-27-20)23-19-9-5-4-8-18(19)22(26)16-6-2-1-3-7-16/h1-9,11,13H,10,12,14-15H2,(H,23,25). The molecule has 0 atom stereocenters. The van der Waals surface area contributed by atoms with Gasteiger partial charge in [0.05, 0.1) is 12.2 Å². The van der Waals surface area contributed by atoms with Crippen LogP contribution in [0.4, 0.5) is 5.69 Å². The minimum atomic E-state index is -0.0954. The van der Waals surface area contributed by atoms with Crippen LogP contribution in [-0.2, 0) is 17.8 Å². The van der Waals surface area contributed by atoms with Crippen molar-refractivity contribution in [2.75, 3.05) is 18.4 Å². The van der Waals surface area contributed by atoms with E-state index in [-0.39, 0.29) is 11.7 Å². The highest BCUT2D eigenvalue weighted by Crippen LogP contribution is 2.24. The summed E-state index contributed by atoms with van der Waals surface area (Å²) in [6.45, 7) is 2.01. The lowest BCUT2D eigenvalue weighted by molar-refractivity contribution is -0.117. The van der Waals surface area contributed by atoms with Crippen molar-refractivity contribution in [3.05, 3.63) is 87.6 Å². The van der Waals surface area contributed by atoms with Gasteiger partial charge in [0.2, 0.25) is 5.91 Å². The van der Waals surface area contributed by atoms with Crippen molar-refractivity contribution in [3.63, 3.8) is 0 Å². The Balaban J connectivity index is 1.45. The maximum absolute atomic E-state index is 12.8. The number of thiophene rings is 1. The quantitative estimate of drug-likeness (QED) is 0.686. The van der Waals surface area contributed by atoms with Crippen LogP contribution in [-0.4, -0.2) is 29.7 Å². The molecule has 1 aliphatic rings. The zero-order valence-electron chi connectivity index (χ0n) is 14.9. The van der Waals surface area contributed by atoms with Gasteiger partial charge in [-0.3, -0.25) is 14.5 Å². The Bertz CT molecular complexity index is 965. The van der Waals surface area contributed by atoms with E-state index in [1.165, 1.54) is 10.4 Å². The molecular formula is C22H20N2O2S. The predicted octanol–water partition coefficient (Wildman–Crippen LogP) is 3.98. The first kappa shape index (κ1) is 17.6. The summed E-state index contributed by atoms with van der Waals surface area (Å²) in [5.41, 5.74) is 3.00. The Labute approximate surface area is 162 Å². The third kappa shape index (κ3) is 3.99. The lowest BCUT2D eigenvalue weighted by Gasteiger charge is -2.26. The summed E-state index contributed by atoms with van der Waals surface area (Å²) < 4.78 is 0. The van der Waals surface area contributed by atoms with E-state index in [0.717, 1.165) is 19.5 Å². The molecule has 4 nitrogen and oxygen atoms in total. The second-order valence-electron chi connectivity index (χ2n) is 6.62. The lowest BCUT2D eigenvalue weighted by Crippen LogP contribution is -2.36. The largest absolute Gasteiger partial charge is 0.324 e. The number of carbonyl (C=O) groups excluding carboxylic acids is 2. The van der Waals surface area contributed by atoms with Crippen molar-refractivity contribution in [1.29, 1.82) is 0 Å². The van der Waals surface area contributed by atoms with Gasteiger partial charge in [-0.2, -0.15) is 0 Å². The third-order valence-electron chi connectivity index (χ3n) is 4.74. The molecule has 3 aromatic rings. The van der Waals surface area contributed by atoms with Crippen LogP contribution in [0.2, 0.25) is 0 Å².